The largest absolute Gasteiger partial charge is 0.367 e. The molecule has 3 rings (SSSR count). The Morgan fingerprint density at radius 1 is 1.04 bits per heavy atom. The Balaban J connectivity index is 1.80. The fourth-order valence-corrected chi connectivity index (χ4v) is 3.89. The van der Waals surface area contributed by atoms with Gasteiger partial charge in [-0.05, 0) is 36.9 Å². The van der Waals surface area contributed by atoms with Gasteiger partial charge in [0.1, 0.15) is 0 Å². The Morgan fingerprint density at radius 2 is 1.74 bits per heavy atom. The zero-order valence-electron chi connectivity index (χ0n) is 15.7. The second-order valence-electron chi connectivity index (χ2n) is 6.69. The van der Waals surface area contributed by atoms with Gasteiger partial charge in [0.15, 0.2) is 9.84 Å². The van der Waals surface area contributed by atoms with Crippen molar-refractivity contribution in [2.75, 3.05) is 49.2 Å². The number of sulfone groups is 1. The minimum Gasteiger partial charge on any atom is -0.367 e. The SMILES string of the molecule is CCN1CCN(c2ccccc2NC(=O)c2cccc(S(C)(=O)=O)c2)CC1. The van der Waals surface area contributed by atoms with E-state index in [9.17, 15) is 13.2 Å². The third-order valence-electron chi connectivity index (χ3n) is 4.84. The van der Waals surface area contributed by atoms with E-state index >= 15 is 0 Å². The highest BCUT2D eigenvalue weighted by Crippen LogP contribution is 2.27. The molecule has 27 heavy (non-hydrogen) atoms. The van der Waals surface area contributed by atoms with Crippen molar-refractivity contribution in [1.29, 1.82) is 0 Å². The molecule has 0 spiro atoms. The number of para-hydroxylation sites is 2. The van der Waals surface area contributed by atoms with Crippen LogP contribution in [0.1, 0.15) is 17.3 Å². The Kier molecular flexibility index (Phi) is 5.82. The van der Waals surface area contributed by atoms with Crippen LogP contribution in [-0.2, 0) is 9.84 Å². The first kappa shape index (κ1) is 19.4. The highest BCUT2D eigenvalue weighted by atomic mass is 32.2. The zero-order chi connectivity index (χ0) is 19.4. The van der Waals surface area contributed by atoms with E-state index in [0.717, 1.165) is 50.4 Å². The molecule has 1 aliphatic rings. The summed E-state index contributed by atoms with van der Waals surface area (Å²) in [6, 6.07) is 13.8. The maximum Gasteiger partial charge on any atom is 0.255 e. The van der Waals surface area contributed by atoms with Gasteiger partial charge < -0.3 is 15.1 Å². The van der Waals surface area contributed by atoms with E-state index in [-0.39, 0.29) is 10.8 Å². The summed E-state index contributed by atoms with van der Waals surface area (Å²) in [5.74, 6) is -0.319. The molecule has 0 aromatic heterocycles. The molecule has 0 radical (unpaired) electrons. The molecule has 2 aromatic carbocycles. The van der Waals surface area contributed by atoms with Gasteiger partial charge in [-0.3, -0.25) is 4.79 Å². The zero-order valence-corrected chi connectivity index (χ0v) is 16.5. The fraction of sp³-hybridized carbons (Fsp3) is 0.350. The molecule has 2 aromatic rings. The number of amides is 1. The highest BCUT2D eigenvalue weighted by Gasteiger charge is 2.19. The lowest BCUT2D eigenvalue weighted by molar-refractivity contribution is 0.102. The monoisotopic (exact) mass is 387 g/mol. The molecule has 6 nitrogen and oxygen atoms in total. The Labute approximate surface area is 160 Å². The first-order valence-corrected chi connectivity index (χ1v) is 11.0. The van der Waals surface area contributed by atoms with E-state index in [2.05, 4.69) is 22.0 Å². The first-order valence-electron chi connectivity index (χ1n) is 9.06. The van der Waals surface area contributed by atoms with Crippen molar-refractivity contribution in [2.24, 2.45) is 0 Å². The van der Waals surface area contributed by atoms with Gasteiger partial charge >= 0.3 is 0 Å². The number of benzene rings is 2. The van der Waals surface area contributed by atoms with E-state index in [1.54, 1.807) is 12.1 Å². The predicted octanol–water partition coefficient (Wildman–Crippen LogP) is 2.48. The summed E-state index contributed by atoms with van der Waals surface area (Å²) in [6.07, 6.45) is 1.13. The Hall–Kier alpha value is -2.38. The van der Waals surface area contributed by atoms with Crippen molar-refractivity contribution in [3.05, 3.63) is 54.1 Å². The van der Waals surface area contributed by atoms with Crippen molar-refractivity contribution < 1.29 is 13.2 Å². The normalized spacial score (nSPS) is 15.6. The summed E-state index contributed by atoms with van der Waals surface area (Å²) in [5, 5.41) is 2.94. The van der Waals surface area contributed by atoms with Gasteiger partial charge in [0, 0.05) is 38.0 Å². The number of nitrogens with one attached hydrogen (secondary N) is 1. The summed E-state index contributed by atoms with van der Waals surface area (Å²) >= 11 is 0. The predicted molar refractivity (Wildman–Crippen MR) is 108 cm³/mol. The second-order valence-corrected chi connectivity index (χ2v) is 8.71. The van der Waals surface area contributed by atoms with Gasteiger partial charge in [-0.1, -0.05) is 25.1 Å². The molecule has 0 unspecified atom stereocenters. The molecule has 0 bridgehead atoms. The van der Waals surface area contributed by atoms with E-state index in [0.29, 0.717) is 5.56 Å². The number of carbonyl (C=O) groups excluding carboxylic acids is 1. The number of nitrogens with zero attached hydrogens (tertiary/aromatic N) is 2. The van der Waals surface area contributed by atoms with E-state index < -0.39 is 9.84 Å². The maximum absolute atomic E-state index is 12.7. The van der Waals surface area contributed by atoms with Gasteiger partial charge in [-0.25, -0.2) is 8.42 Å². The smallest absolute Gasteiger partial charge is 0.255 e. The van der Waals surface area contributed by atoms with Crippen LogP contribution in [0.15, 0.2) is 53.4 Å². The minimum atomic E-state index is -3.36. The van der Waals surface area contributed by atoms with Crippen LogP contribution in [0.5, 0.6) is 0 Å². The van der Waals surface area contributed by atoms with Gasteiger partial charge in [0.05, 0.1) is 16.3 Å². The lowest BCUT2D eigenvalue weighted by Gasteiger charge is -2.36. The molecule has 0 saturated carbocycles. The molecule has 0 atom stereocenters. The first-order chi connectivity index (χ1) is 12.9. The topological polar surface area (TPSA) is 69.7 Å². The molecule has 1 heterocycles. The summed E-state index contributed by atoms with van der Waals surface area (Å²) in [4.78, 5) is 17.5. The van der Waals surface area contributed by atoms with Crippen LogP contribution < -0.4 is 10.2 Å². The standard InChI is InChI=1S/C20H25N3O3S/c1-3-22-11-13-23(14-12-22)19-10-5-4-9-18(19)21-20(24)16-7-6-8-17(15-16)27(2,25)26/h4-10,15H,3,11-14H2,1-2H3,(H,21,24). The summed E-state index contributed by atoms with van der Waals surface area (Å²) < 4.78 is 23.5. The molecule has 1 saturated heterocycles. The number of rotatable bonds is 5. The molecular formula is C20H25N3O3S. The van der Waals surface area contributed by atoms with Crippen LogP contribution in [0.2, 0.25) is 0 Å². The molecule has 144 valence electrons. The average Bonchev–Trinajstić information content (AvgIpc) is 2.68. The van der Waals surface area contributed by atoms with E-state index in [1.165, 1.54) is 12.1 Å². The lowest BCUT2D eigenvalue weighted by atomic mass is 10.1. The number of carbonyl (C=O) groups is 1. The van der Waals surface area contributed by atoms with Crippen LogP contribution in [0.25, 0.3) is 0 Å². The van der Waals surface area contributed by atoms with Crippen LogP contribution in [-0.4, -0.2) is 58.2 Å². The van der Waals surface area contributed by atoms with Crippen LogP contribution in [0.3, 0.4) is 0 Å². The molecule has 1 N–H and O–H groups in total. The van der Waals surface area contributed by atoms with Crippen molar-refractivity contribution in [1.82, 2.24) is 4.90 Å². The molecule has 1 aliphatic heterocycles. The Bertz CT molecular complexity index is 920. The van der Waals surface area contributed by atoms with Crippen molar-refractivity contribution in [3.8, 4) is 0 Å². The van der Waals surface area contributed by atoms with E-state index in [1.807, 2.05) is 24.3 Å². The van der Waals surface area contributed by atoms with Crippen molar-refractivity contribution in [2.45, 2.75) is 11.8 Å². The summed E-state index contributed by atoms with van der Waals surface area (Å²) in [6.45, 7) is 7.01. The second kappa shape index (κ2) is 8.10. The molecule has 1 amide bonds. The van der Waals surface area contributed by atoms with E-state index in [4.69, 9.17) is 0 Å². The van der Waals surface area contributed by atoms with Crippen LogP contribution >= 0.6 is 0 Å². The summed E-state index contributed by atoms with van der Waals surface area (Å²) in [7, 11) is -3.36. The Morgan fingerprint density at radius 3 is 2.41 bits per heavy atom. The van der Waals surface area contributed by atoms with Crippen molar-refractivity contribution >= 4 is 27.1 Å². The van der Waals surface area contributed by atoms with Crippen LogP contribution in [0, 0.1) is 0 Å². The number of anilines is 2. The number of piperazine rings is 1. The summed E-state index contributed by atoms with van der Waals surface area (Å²) in [5.41, 5.74) is 2.04. The third kappa shape index (κ3) is 4.67. The minimum absolute atomic E-state index is 0.138. The quantitative estimate of drug-likeness (QED) is 0.854. The fourth-order valence-electron chi connectivity index (χ4n) is 3.22. The van der Waals surface area contributed by atoms with Gasteiger partial charge in [-0.2, -0.15) is 0 Å². The number of likely N-dealkylation sites (N-methyl/N-ethyl adjacent to an activating group) is 1. The maximum atomic E-state index is 12.7. The molecular weight excluding hydrogens is 362 g/mol. The highest BCUT2D eigenvalue weighted by molar-refractivity contribution is 7.90. The third-order valence-corrected chi connectivity index (χ3v) is 5.95. The number of hydrogen-bond donors (Lipinski definition) is 1. The van der Waals surface area contributed by atoms with Gasteiger partial charge in [0.2, 0.25) is 0 Å². The van der Waals surface area contributed by atoms with Crippen molar-refractivity contribution in [3.63, 3.8) is 0 Å². The van der Waals surface area contributed by atoms with Gasteiger partial charge in [0.25, 0.3) is 5.91 Å². The average molecular weight is 388 g/mol. The van der Waals surface area contributed by atoms with Gasteiger partial charge in [-0.15, -0.1) is 0 Å². The lowest BCUT2D eigenvalue weighted by Crippen LogP contribution is -2.46. The molecule has 1 fully saturated rings. The van der Waals surface area contributed by atoms with Crippen LogP contribution in [0.4, 0.5) is 11.4 Å². The molecule has 0 aliphatic carbocycles. The molecule has 7 heteroatoms. The number of hydrogen-bond acceptors (Lipinski definition) is 5.